The summed E-state index contributed by atoms with van der Waals surface area (Å²) in [6.45, 7) is 4.33. The fourth-order valence-electron chi connectivity index (χ4n) is 2.09. The molecular formula is C15H16N2O3. The molecule has 1 aromatic heterocycles. The molecule has 1 aliphatic heterocycles. The SMILES string of the molecule is Cc1ccoc1CNc1ccc2c(c1)NC(=O)C(C)O2. The summed E-state index contributed by atoms with van der Waals surface area (Å²) >= 11 is 0. The molecule has 104 valence electrons. The van der Waals surface area contributed by atoms with Gasteiger partial charge in [0.05, 0.1) is 18.5 Å². The fourth-order valence-corrected chi connectivity index (χ4v) is 2.09. The van der Waals surface area contributed by atoms with Gasteiger partial charge in [-0.2, -0.15) is 0 Å². The van der Waals surface area contributed by atoms with Crippen molar-refractivity contribution in [1.29, 1.82) is 0 Å². The van der Waals surface area contributed by atoms with E-state index in [9.17, 15) is 4.79 Å². The highest BCUT2D eigenvalue weighted by Gasteiger charge is 2.23. The van der Waals surface area contributed by atoms with Gasteiger partial charge in [0.2, 0.25) is 0 Å². The molecule has 0 saturated carbocycles. The average molecular weight is 272 g/mol. The maximum atomic E-state index is 11.6. The molecule has 1 unspecified atom stereocenters. The summed E-state index contributed by atoms with van der Waals surface area (Å²) in [4.78, 5) is 11.6. The minimum Gasteiger partial charge on any atom is -0.479 e. The van der Waals surface area contributed by atoms with Gasteiger partial charge >= 0.3 is 0 Å². The molecule has 1 amide bonds. The molecule has 2 aromatic rings. The maximum absolute atomic E-state index is 11.6. The van der Waals surface area contributed by atoms with E-state index in [1.165, 1.54) is 0 Å². The van der Waals surface area contributed by atoms with E-state index < -0.39 is 6.10 Å². The second-order valence-corrected chi connectivity index (χ2v) is 4.84. The van der Waals surface area contributed by atoms with Gasteiger partial charge in [-0.3, -0.25) is 4.79 Å². The van der Waals surface area contributed by atoms with Crippen LogP contribution < -0.4 is 15.4 Å². The molecule has 0 saturated heterocycles. The van der Waals surface area contributed by atoms with Crippen molar-refractivity contribution in [3.05, 3.63) is 41.9 Å². The van der Waals surface area contributed by atoms with Crippen LogP contribution in [0.5, 0.6) is 5.75 Å². The summed E-state index contributed by atoms with van der Waals surface area (Å²) in [5.41, 5.74) is 2.70. The lowest BCUT2D eigenvalue weighted by Crippen LogP contribution is -2.34. The number of fused-ring (bicyclic) bond motifs is 1. The Labute approximate surface area is 116 Å². The Balaban J connectivity index is 1.74. The van der Waals surface area contributed by atoms with Crippen LogP contribution in [0.3, 0.4) is 0 Å². The monoisotopic (exact) mass is 272 g/mol. The molecule has 1 atom stereocenters. The van der Waals surface area contributed by atoms with E-state index in [1.807, 2.05) is 31.2 Å². The second kappa shape index (κ2) is 4.92. The Morgan fingerprint density at radius 2 is 2.20 bits per heavy atom. The molecule has 1 aliphatic rings. The van der Waals surface area contributed by atoms with Crippen molar-refractivity contribution >= 4 is 17.3 Å². The molecule has 20 heavy (non-hydrogen) atoms. The summed E-state index contributed by atoms with van der Waals surface area (Å²) in [5, 5.41) is 6.09. The third-order valence-corrected chi connectivity index (χ3v) is 3.33. The van der Waals surface area contributed by atoms with E-state index in [2.05, 4.69) is 10.6 Å². The third-order valence-electron chi connectivity index (χ3n) is 3.33. The van der Waals surface area contributed by atoms with Crippen molar-refractivity contribution in [1.82, 2.24) is 0 Å². The van der Waals surface area contributed by atoms with Crippen LogP contribution in [0.25, 0.3) is 0 Å². The molecule has 0 fully saturated rings. The largest absolute Gasteiger partial charge is 0.479 e. The van der Waals surface area contributed by atoms with Crippen LogP contribution in [0, 0.1) is 6.92 Å². The second-order valence-electron chi connectivity index (χ2n) is 4.84. The highest BCUT2D eigenvalue weighted by atomic mass is 16.5. The first kappa shape index (κ1) is 12.6. The predicted octanol–water partition coefficient (Wildman–Crippen LogP) is 2.92. The van der Waals surface area contributed by atoms with Crippen LogP contribution in [0.15, 0.2) is 34.9 Å². The van der Waals surface area contributed by atoms with Crippen molar-refractivity contribution in [2.45, 2.75) is 26.5 Å². The number of ether oxygens (including phenoxy) is 1. The average Bonchev–Trinajstić information content (AvgIpc) is 2.83. The van der Waals surface area contributed by atoms with Crippen molar-refractivity contribution in [2.24, 2.45) is 0 Å². The van der Waals surface area contributed by atoms with Crippen LogP contribution in [-0.4, -0.2) is 12.0 Å². The molecular weight excluding hydrogens is 256 g/mol. The van der Waals surface area contributed by atoms with Crippen LogP contribution >= 0.6 is 0 Å². The highest BCUT2D eigenvalue weighted by Crippen LogP contribution is 2.32. The van der Waals surface area contributed by atoms with Gasteiger partial charge in [0.25, 0.3) is 5.91 Å². The van der Waals surface area contributed by atoms with E-state index in [0.717, 1.165) is 17.0 Å². The normalized spacial score (nSPS) is 17.1. The number of carbonyl (C=O) groups is 1. The van der Waals surface area contributed by atoms with Gasteiger partial charge in [0.15, 0.2) is 6.10 Å². The zero-order valence-electron chi connectivity index (χ0n) is 11.4. The van der Waals surface area contributed by atoms with Crippen molar-refractivity contribution in [3.63, 3.8) is 0 Å². The lowest BCUT2D eigenvalue weighted by molar-refractivity contribution is -0.122. The Kier molecular flexibility index (Phi) is 3.10. The van der Waals surface area contributed by atoms with E-state index in [1.54, 1.807) is 13.2 Å². The fraction of sp³-hybridized carbons (Fsp3) is 0.267. The smallest absolute Gasteiger partial charge is 0.265 e. The Morgan fingerprint density at radius 1 is 1.35 bits per heavy atom. The van der Waals surface area contributed by atoms with Crippen molar-refractivity contribution in [3.8, 4) is 5.75 Å². The Morgan fingerprint density at radius 3 is 2.95 bits per heavy atom. The first-order valence-electron chi connectivity index (χ1n) is 6.52. The molecule has 5 heteroatoms. The number of nitrogens with one attached hydrogen (secondary N) is 2. The molecule has 2 N–H and O–H groups in total. The summed E-state index contributed by atoms with van der Waals surface area (Å²) in [5.74, 6) is 1.46. The molecule has 5 nitrogen and oxygen atoms in total. The number of hydrogen-bond acceptors (Lipinski definition) is 4. The summed E-state index contributed by atoms with van der Waals surface area (Å²) in [6.07, 6.45) is 1.22. The highest BCUT2D eigenvalue weighted by molar-refractivity contribution is 5.98. The van der Waals surface area contributed by atoms with E-state index in [-0.39, 0.29) is 5.91 Å². The molecule has 2 heterocycles. The molecule has 0 spiro atoms. The molecule has 3 rings (SSSR count). The van der Waals surface area contributed by atoms with Gasteiger partial charge in [0, 0.05) is 5.69 Å². The predicted molar refractivity (Wildman–Crippen MR) is 75.9 cm³/mol. The lowest BCUT2D eigenvalue weighted by atomic mass is 10.2. The number of anilines is 2. The van der Waals surface area contributed by atoms with Crippen molar-refractivity contribution in [2.75, 3.05) is 10.6 Å². The molecule has 1 aromatic carbocycles. The van der Waals surface area contributed by atoms with E-state index in [0.29, 0.717) is 18.0 Å². The lowest BCUT2D eigenvalue weighted by Gasteiger charge is -2.23. The maximum Gasteiger partial charge on any atom is 0.265 e. The number of aryl methyl sites for hydroxylation is 1. The standard InChI is InChI=1S/C15H16N2O3/c1-9-5-6-19-14(9)8-16-11-3-4-13-12(7-11)17-15(18)10(2)20-13/h3-7,10,16H,8H2,1-2H3,(H,17,18). The van der Waals surface area contributed by atoms with Gasteiger partial charge in [-0.25, -0.2) is 0 Å². The first-order chi connectivity index (χ1) is 9.63. The first-order valence-corrected chi connectivity index (χ1v) is 6.52. The van der Waals surface area contributed by atoms with Crippen LogP contribution in [0.1, 0.15) is 18.2 Å². The Hall–Kier alpha value is -2.43. The zero-order valence-corrected chi connectivity index (χ0v) is 11.4. The van der Waals surface area contributed by atoms with Gasteiger partial charge in [-0.15, -0.1) is 0 Å². The van der Waals surface area contributed by atoms with Crippen LogP contribution in [-0.2, 0) is 11.3 Å². The minimum absolute atomic E-state index is 0.128. The summed E-state index contributed by atoms with van der Waals surface area (Å²) in [7, 11) is 0. The number of rotatable bonds is 3. The van der Waals surface area contributed by atoms with Crippen LogP contribution in [0.4, 0.5) is 11.4 Å². The molecule has 0 radical (unpaired) electrons. The quantitative estimate of drug-likeness (QED) is 0.901. The minimum atomic E-state index is -0.452. The molecule has 0 aliphatic carbocycles. The zero-order chi connectivity index (χ0) is 14.1. The van der Waals surface area contributed by atoms with Crippen LogP contribution in [0.2, 0.25) is 0 Å². The number of furan rings is 1. The molecule has 0 bridgehead atoms. The van der Waals surface area contributed by atoms with Gasteiger partial charge in [0.1, 0.15) is 11.5 Å². The van der Waals surface area contributed by atoms with Gasteiger partial charge < -0.3 is 19.8 Å². The van der Waals surface area contributed by atoms with Gasteiger partial charge in [-0.05, 0) is 43.7 Å². The number of hydrogen-bond donors (Lipinski definition) is 2. The number of benzene rings is 1. The topological polar surface area (TPSA) is 63.5 Å². The van der Waals surface area contributed by atoms with E-state index in [4.69, 9.17) is 9.15 Å². The van der Waals surface area contributed by atoms with E-state index >= 15 is 0 Å². The van der Waals surface area contributed by atoms with Crippen molar-refractivity contribution < 1.29 is 13.9 Å². The summed E-state index contributed by atoms with van der Waals surface area (Å²) in [6, 6.07) is 7.56. The summed E-state index contributed by atoms with van der Waals surface area (Å²) < 4.78 is 10.9. The third kappa shape index (κ3) is 2.34. The number of amides is 1. The Bertz CT molecular complexity index is 648. The van der Waals surface area contributed by atoms with Gasteiger partial charge in [-0.1, -0.05) is 0 Å². The number of carbonyl (C=O) groups excluding carboxylic acids is 1.